The molecule has 5 nitrogen and oxygen atoms in total. The molecular formula is C13H17BrN2O3. The van der Waals surface area contributed by atoms with Crippen LogP contribution in [-0.4, -0.2) is 22.7 Å². The summed E-state index contributed by atoms with van der Waals surface area (Å²) in [4.78, 5) is 10.2. The van der Waals surface area contributed by atoms with E-state index >= 15 is 0 Å². The molecule has 0 bridgehead atoms. The number of halogens is 1. The van der Waals surface area contributed by atoms with Crippen molar-refractivity contribution in [1.82, 2.24) is 5.32 Å². The van der Waals surface area contributed by atoms with Gasteiger partial charge in [-0.3, -0.25) is 10.1 Å². The van der Waals surface area contributed by atoms with Gasteiger partial charge in [-0.25, -0.2) is 0 Å². The summed E-state index contributed by atoms with van der Waals surface area (Å²) in [5.74, 6) is 0.534. The van der Waals surface area contributed by atoms with E-state index in [2.05, 4.69) is 21.2 Å². The first kappa shape index (κ1) is 14.4. The Hall–Kier alpha value is -0.980. The van der Waals surface area contributed by atoms with Crippen LogP contribution in [-0.2, 0) is 6.54 Å². The van der Waals surface area contributed by atoms with Crippen LogP contribution in [0.3, 0.4) is 0 Å². The van der Waals surface area contributed by atoms with Crippen LogP contribution in [0.5, 0.6) is 0 Å². The van der Waals surface area contributed by atoms with E-state index < -0.39 is 4.92 Å². The lowest BCUT2D eigenvalue weighted by Crippen LogP contribution is -2.21. The number of aliphatic hydroxyl groups is 1. The number of nitrogens with one attached hydrogen (secondary N) is 1. The second-order valence-electron chi connectivity index (χ2n) is 5.00. The average Bonchev–Trinajstić information content (AvgIpc) is 2.77. The highest BCUT2D eigenvalue weighted by Gasteiger charge is 2.22. The second-order valence-corrected chi connectivity index (χ2v) is 5.85. The number of hydrogen-bond acceptors (Lipinski definition) is 4. The first-order chi connectivity index (χ1) is 9.06. The van der Waals surface area contributed by atoms with Crippen molar-refractivity contribution in [2.75, 3.05) is 6.54 Å². The van der Waals surface area contributed by atoms with Gasteiger partial charge in [0.2, 0.25) is 0 Å². The number of aliphatic hydroxyl groups excluding tert-OH is 1. The van der Waals surface area contributed by atoms with Crippen molar-refractivity contribution in [2.24, 2.45) is 5.92 Å². The fourth-order valence-electron chi connectivity index (χ4n) is 2.44. The van der Waals surface area contributed by atoms with Gasteiger partial charge in [-0.15, -0.1) is 0 Å². The van der Waals surface area contributed by atoms with E-state index in [-0.39, 0.29) is 11.8 Å². The molecule has 2 atom stereocenters. The molecule has 6 heteroatoms. The molecule has 0 saturated heterocycles. The van der Waals surface area contributed by atoms with Gasteiger partial charge in [0.1, 0.15) is 0 Å². The molecule has 1 aromatic rings. The van der Waals surface area contributed by atoms with Gasteiger partial charge in [0.05, 0.1) is 11.0 Å². The largest absolute Gasteiger partial charge is 0.393 e. The van der Waals surface area contributed by atoms with Gasteiger partial charge < -0.3 is 10.4 Å². The molecule has 2 rings (SSSR count). The number of rotatable bonds is 5. The average molecular weight is 329 g/mol. The van der Waals surface area contributed by atoms with Crippen molar-refractivity contribution in [3.8, 4) is 0 Å². The van der Waals surface area contributed by atoms with Crippen molar-refractivity contribution in [3.05, 3.63) is 38.3 Å². The number of nitro groups is 1. The predicted octanol–water partition coefficient (Wildman–Crippen LogP) is 2.61. The maximum absolute atomic E-state index is 10.6. The Morgan fingerprint density at radius 3 is 2.84 bits per heavy atom. The number of hydrogen-bond donors (Lipinski definition) is 2. The molecule has 0 aromatic heterocycles. The van der Waals surface area contributed by atoms with Crippen molar-refractivity contribution >= 4 is 21.6 Å². The maximum Gasteiger partial charge on any atom is 0.270 e. The molecule has 1 aromatic carbocycles. The number of non-ortho nitro benzene ring substituents is 1. The van der Waals surface area contributed by atoms with E-state index in [0.29, 0.717) is 12.5 Å². The Bertz CT molecular complexity index is 467. The molecule has 1 saturated carbocycles. The SMILES string of the molecule is O=[N+]([O-])c1ccc(CNCC2CCC(O)C2)c(Br)c1. The number of nitro benzene ring substituents is 1. The zero-order valence-corrected chi connectivity index (χ0v) is 12.1. The highest BCUT2D eigenvalue weighted by atomic mass is 79.9. The van der Waals surface area contributed by atoms with Crippen LogP contribution in [0.25, 0.3) is 0 Å². The third kappa shape index (κ3) is 3.99. The van der Waals surface area contributed by atoms with Gasteiger partial charge >= 0.3 is 0 Å². The lowest BCUT2D eigenvalue weighted by molar-refractivity contribution is -0.384. The molecule has 0 aliphatic heterocycles. The van der Waals surface area contributed by atoms with E-state index in [1.165, 1.54) is 12.1 Å². The van der Waals surface area contributed by atoms with Crippen LogP contribution in [0.1, 0.15) is 24.8 Å². The summed E-state index contributed by atoms with van der Waals surface area (Å²) in [5.41, 5.74) is 1.10. The maximum atomic E-state index is 10.6. The Labute approximate surface area is 120 Å². The molecule has 104 valence electrons. The molecule has 0 spiro atoms. The molecule has 2 unspecified atom stereocenters. The summed E-state index contributed by atoms with van der Waals surface area (Å²) in [6.07, 6.45) is 2.69. The molecule has 1 aliphatic rings. The minimum Gasteiger partial charge on any atom is -0.393 e. The molecule has 0 amide bonds. The van der Waals surface area contributed by atoms with Gasteiger partial charge in [0, 0.05) is 23.2 Å². The quantitative estimate of drug-likeness (QED) is 0.643. The monoisotopic (exact) mass is 328 g/mol. The minimum atomic E-state index is -0.401. The standard InChI is InChI=1S/C13H17BrN2O3/c14-13-6-11(16(18)19)3-2-10(13)8-15-7-9-1-4-12(17)5-9/h2-3,6,9,12,15,17H,1,4-5,7-8H2. The highest BCUT2D eigenvalue weighted by Crippen LogP contribution is 2.25. The molecule has 1 fully saturated rings. The Morgan fingerprint density at radius 1 is 1.47 bits per heavy atom. The van der Waals surface area contributed by atoms with Crippen molar-refractivity contribution in [1.29, 1.82) is 0 Å². The van der Waals surface area contributed by atoms with E-state index in [1.54, 1.807) is 6.07 Å². The van der Waals surface area contributed by atoms with Crippen LogP contribution in [0.15, 0.2) is 22.7 Å². The second kappa shape index (κ2) is 6.45. The van der Waals surface area contributed by atoms with E-state index in [0.717, 1.165) is 35.8 Å². The first-order valence-electron chi connectivity index (χ1n) is 6.38. The molecule has 0 heterocycles. The smallest absolute Gasteiger partial charge is 0.270 e. The normalized spacial score (nSPS) is 22.6. The predicted molar refractivity (Wildman–Crippen MR) is 75.9 cm³/mol. The molecule has 1 aliphatic carbocycles. The van der Waals surface area contributed by atoms with Crippen LogP contribution < -0.4 is 5.32 Å². The van der Waals surface area contributed by atoms with Gasteiger partial charge in [-0.1, -0.05) is 15.9 Å². The Balaban J connectivity index is 1.84. The van der Waals surface area contributed by atoms with E-state index in [4.69, 9.17) is 0 Å². The van der Waals surface area contributed by atoms with E-state index in [1.807, 2.05) is 0 Å². The highest BCUT2D eigenvalue weighted by molar-refractivity contribution is 9.10. The summed E-state index contributed by atoms with van der Waals surface area (Å²) in [5, 5.41) is 23.4. The molecular weight excluding hydrogens is 312 g/mol. The molecule has 0 radical (unpaired) electrons. The topological polar surface area (TPSA) is 75.4 Å². The minimum absolute atomic E-state index is 0.0922. The molecule has 2 N–H and O–H groups in total. The first-order valence-corrected chi connectivity index (χ1v) is 7.17. The van der Waals surface area contributed by atoms with Gasteiger partial charge in [-0.2, -0.15) is 0 Å². The summed E-state index contributed by atoms with van der Waals surface area (Å²) >= 11 is 3.35. The van der Waals surface area contributed by atoms with Crippen LogP contribution in [0.2, 0.25) is 0 Å². The van der Waals surface area contributed by atoms with Crippen LogP contribution >= 0.6 is 15.9 Å². The lowest BCUT2D eigenvalue weighted by Gasteiger charge is -2.11. The lowest BCUT2D eigenvalue weighted by atomic mass is 10.1. The fraction of sp³-hybridized carbons (Fsp3) is 0.538. The van der Waals surface area contributed by atoms with Crippen molar-refractivity contribution in [3.63, 3.8) is 0 Å². The van der Waals surface area contributed by atoms with E-state index in [9.17, 15) is 15.2 Å². The third-order valence-corrected chi connectivity index (χ3v) is 4.25. The van der Waals surface area contributed by atoms with Crippen LogP contribution in [0, 0.1) is 16.0 Å². The Kier molecular flexibility index (Phi) is 4.90. The number of benzene rings is 1. The summed E-state index contributed by atoms with van der Waals surface area (Å²) in [7, 11) is 0. The van der Waals surface area contributed by atoms with Gasteiger partial charge in [0.25, 0.3) is 5.69 Å². The Morgan fingerprint density at radius 2 is 2.26 bits per heavy atom. The van der Waals surface area contributed by atoms with Crippen molar-refractivity contribution < 1.29 is 10.0 Å². The zero-order valence-electron chi connectivity index (χ0n) is 10.5. The third-order valence-electron chi connectivity index (χ3n) is 3.51. The van der Waals surface area contributed by atoms with Gasteiger partial charge in [-0.05, 0) is 43.4 Å². The van der Waals surface area contributed by atoms with Gasteiger partial charge in [0.15, 0.2) is 0 Å². The van der Waals surface area contributed by atoms with Crippen LogP contribution in [0.4, 0.5) is 5.69 Å². The molecule has 19 heavy (non-hydrogen) atoms. The summed E-state index contributed by atoms with van der Waals surface area (Å²) in [6, 6.07) is 4.80. The fourth-order valence-corrected chi connectivity index (χ4v) is 2.94. The zero-order chi connectivity index (χ0) is 13.8. The summed E-state index contributed by atoms with van der Waals surface area (Å²) < 4.78 is 0.751. The number of nitrogens with zero attached hydrogens (tertiary/aromatic N) is 1. The van der Waals surface area contributed by atoms with Crippen molar-refractivity contribution in [2.45, 2.75) is 31.9 Å². The summed E-state index contributed by atoms with van der Waals surface area (Å²) in [6.45, 7) is 1.55.